The number of anilines is 1. The Hall–Kier alpha value is -4.07. The van der Waals surface area contributed by atoms with E-state index in [1.54, 1.807) is 27.1 Å². The van der Waals surface area contributed by atoms with Crippen molar-refractivity contribution in [1.29, 1.82) is 0 Å². The molecule has 8 heteroatoms. The third-order valence-corrected chi connectivity index (χ3v) is 5.48. The molecule has 2 heterocycles. The fourth-order valence-electron chi connectivity index (χ4n) is 3.80. The Balaban J connectivity index is 1.46. The summed E-state index contributed by atoms with van der Waals surface area (Å²) >= 11 is 0. The van der Waals surface area contributed by atoms with Crippen LogP contribution in [-0.2, 0) is 16.0 Å². The lowest BCUT2D eigenvalue weighted by Gasteiger charge is -2.16. The predicted octanol–water partition coefficient (Wildman–Crippen LogP) is 4.17. The fourth-order valence-corrected chi connectivity index (χ4v) is 3.80. The number of fused-ring (bicyclic) bond motifs is 1. The molecule has 0 fully saturated rings. The van der Waals surface area contributed by atoms with Crippen LogP contribution in [-0.4, -0.2) is 47.6 Å². The first-order chi connectivity index (χ1) is 15.9. The SMILES string of the molecule is COc1ccc(-c2[nH]c3ccccc3c2CCC(=O)N(C)CC(=O)Nc2cc(C)on2)cc1. The number of ether oxygens (including phenoxy) is 1. The Labute approximate surface area is 191 Å². The van der Waals surface area contributed by atoms with E-state index >= 15 is 0 Å². The summed E-state index contributed by atoms with van der Waals surface area (Å²) in [6.07, 6.45) is 0.816. The zero-order valence-corrected chi connectivity index (χ0v) is 18.8. The summed E-state index contributed by atoms with van der Waals surface area (Å²) in [6, 6.07) is 17.5. The topological polar surface area (TPSA) is 100 Å². The molecular formula is C25H26N4O4. The Kier molecular flexibility index (Phi) is 6.44. The third kappa shape index (κ3) is 5.06. The molecule has 0 unspecified atom stereocenters. The van der Waals surface area contributed by atoms with Crippen LogP contribution in [0, 0.1) is 6.92 Å². The van der Waals surface area contributed by atoms with E-state index in [4.69, 9.17) is 9.26 Å². The van der Waals surface area contributed by atoms with Gasteiger partial charge in [-0.05, 0) is 54.8 Å². The van der Waals surface area contributed by atoms with Crippen LogP contribution in [0.15, 0.2) is 59.1 Å². The summed E-state index contributed by atoms with van der Waals surface area (Å²) in [5, 5.41) is 7.45. The van der Waals surface area contributed by atoms with Gasteiger partial charge < -0.3 is 24.5 Å². The normalized spacial score (nSPS) is 10.9. The van der Waals surface area contributed by atoms with Crippen molar-refractivity contribution in [2.45, 2.75) is 19.8 Å². The molecule has 0 aliphatic heterocycles. The molecule has 170 valence electrons. The van der Waals surface area contributed by atoms with E-state index in [9.17, 15) is 9.59 Å². The van der Waals surface area contributed by atoms with E-state index in [-0.39, 0.29) is 24.8 Å². The first kappa shape index (κ1) is 22.1. The number of methoxy groups -OCH3 is 1. The minimum Gasteiger partial charge on any atom is -0.497 e. The van der Waals surface area contributed by atoms with Crippen molar-refractivity contribution in [2.24, 2.45) is 0 Å². The second-order valence-electron chi connectivity index (χ2n) is 7.87. The van der Waals surface area contributed by atoms with Crippen LogP contribution in [0.5, 0.6) is 5.75 Å². The summed E-state index contributed by atoms with van der Waals surface area (Å²) in [7, 11) is 3.26. The van der Waals surface area contributed by atoms with Gasteiger partial charge in [0, 0.05) is 36.1 Å². The van der Waals surface area contributed by atoms with Crippen molar-refractivity contribution in [3.8, 4) is 17.0 Å². The Morgan fingerprint density at radius 1 is 1.15 bits per heavy atom. The number of amides is 2. The molecule has 0 spiro atoms. The number of likely N-dealkylation sites (N-methyl/N-ethyl adjacent to an activating group) is 1. The number of H-pyrrole nitrogens is 1. The molecule has 4 aromatic rings. The molecule has 2 aromatic carbocycles. The average molecular weight is 447 g/mol. The molecule has 0 aliphatic rings. The highest BCUT2D eigenvalue weighted by Crippen LogP contribution is 2.32. The molecular weight excluding hydrogens is 420 g/mol. The molecule has 0 radical (unpaired) electrons. The number of hydrogen-bond acceptors (Lipinski definition) is 5. The lowest BCUT2D eigenvalue weighted by Crippen LogP contribution is -2.35. The molecule has 2 aromatic heterocycles. The number of hydrogen-bond donors (Lipinski definition) is 2. The number of carbonyl (C=O) groups excluding carboxylic acids is 2. The smallest absolute Gasteiger partial charge is 0.245 e. The standard InChI is InChI=1S/C25H26N4O4/c1-16-14-22(28-33-16)27-23(30)15-29(2)24(31)13-12-20-19-6-4-5-7-21(19)26-25(20)17-8-10-18(32-3)11-9-17/h4-11,14,26H,12-13,15H2,1-3H3,(H,27,28,30). The maximum absolute atomic E-state index is 12.8. The summed E-state index contributed by atoms with van der Waals surface area (Å²) in [4.78, 5) is 29.9. The number of aromatic nitrogens is 2. The molecule has 33 heavy (non-hydrogen) atoms. The highest BCUT2D eigenvalue weighted by atomic mass is 16.5. The Morgan fingerprint density at radius 3 is 2.61 bits per heavy atom. The lowest BCUT2D eigenvalue weighted by molar-refractivity contribution is -0.133. The van der Waals surface area contributed by atoms with Gasteiger partial charge in [-0.15, -0.1) is 0 Å². The minimum absolute atomic E-state index is 0.0655. The molecule has 2 amide bonds. The third-order valence-electron chi connectivity index (χ3n) is 5.48. The maximum atomic E-state index is 12.8. The maximum Gasteiger partial charge on any atom is 0.245 e. The van der Waals surface area contributed by atoms with Crippen molar-refractivity contribution in [2.75, 3.05) is 26.0 Å². The molecule has 0 saturated heterocycles. The van der Waals surface area contributed by atoms with Gasteiger partial charge in [0.15, 0.2) is 5.82 Å². The van der Waals surface area contributed by atoms with Crippen molar-refractivity contribution in [1.82, 2.24) is 15.0 Å². The number of aromatic amines is 1. The van der Waals surface area contributed by atoms with Gasteiger partial charge in [0.1, 0.15) is 11.5 Å². The molecule has 8 nitrogen and oxygen atoms in total. The molecule has 0 aliphatic carbocycles. The van der Waals surface area contributed by atoms with E-state index in [2.05, 4.69) is 21.5 Å². The van der Waals surface area contributed by atoms with Crippen LogP contribution in [0.2, 0.25) is 0 Å². The summed E-state index contributed by atoms with van der Waals surface area (Å²) < 4.78 is 10.2. The van der Waals surface area contributed by atoms with Gasteiger partial charge in [-0.25, -0.2) is 0 Å². The van der Waals surface area contributed by atoms with Crippen molar-refractivity contribution in [3.63, 3.8) is 0 Å². The van der Waals surface area contributed by atoms with Gasteiger partial charge in [0.05, 0.1) is 13.7 Å². The monoisotopic (exact) mass is 446 g/mol. The van der Waals surface area contributed by atoms with Crippen molar-refractivity contribution < 1.29 is 18.8 Å². The molecule has 4 rings (SSSR count). The number of nitrogens with one attached hydrogen (secondary N) is 2. The lowest BCUT2D eigenvalue weighted by atomic mass is 10.0. The highest BCUT2D eigenvalue weighted by Gasteiger charge is 2.18. The largest absolute Gasteiger partial charge is 0.497 e. The molecule has 0 saturated carbocycles. The van der Waals surface area contributed by atoms with Gasteiger partial charge in [0.2, 0.25) is 11.8 Å². The predicted molar refractivity (Wildman–Crippen MR) is 126 cm³/mol. The van der Waals surface area contributed by atoms with Crippen LogP contribution in [0.1, 0.15) is 17.7 Å². The van der Waals surface area contributed by atoms with E-state index < -0.39 is 0 Å². The van der Waals surface area contributed by atoms with E-state index in [1.165, 1.54) is 4.90 Å². The van der Waals surface area contributed by atoms with Crippen LogP contribution in [0.25, 0.3) is 22.2 Å². The van der Waals surface area contributed by atoms with E-state index in [0.717, 1.165) is 33.5 Å². The first-order valence-electron chi connectivity index (χ1n) is 10.7. The van der Waals surface area contributed by atoms with Crippen molar-refractivity contribution in [3.05, 3.63) is 65.9 Å². The number of para-hydroxylation sites is 1. The molecule has 2 N–H and O–H groups in total. The Bertz CT molecular complexity index is 1270. The average Bonchev–Trinajstić information content (AvgIpc) is 3.40. The Morgan fingerprint density at radius 2 is 1.91 bits per heavy atom. The van der Waals surface area contributed by atoms with E-state index in [1.807, 2.05) is 42.5 Å². The van der Waals surface area contributed by atoms with Gasteiger partial charge >= 0.3 is 0 Å². The summed E-state index contributed by atoms with van der Waals surface area (Å²) in [5.41, 5.74) is 4.08. The molecule has 0 bridgehead atoms. The van der Waals surface area contributed by atoms with Gasteiger partial charge in [-0.3, -0.25) is 9.59 Å². The highest BCUT2D eigenvalue weighted by molar-refractivity contribution is 5.94. The number of benzene rings is 2. The van der Waals surface area contributed by atoms with E-state index in [0.29, 0.717) is 18.0 Å². The van der Waals surface area contributed by atoms with Crippen LogP contribution in [0.3, 0.4) is 0 Å². The molecule has 0 atom stereocenters. The summed E-state index contributed by atoms with van der Waals surface area (Å²) in [5.74, 6) is 1.27. The number of carbonyl (C=O) groups is 2. The van der Waals surface area contributed by atoms with Gasteiger partial charge in [0.25, 0.3) is 0 Å². The van der Waals surface area contributed by atoms with Gasteiger partial charge in [-0.1, -0.05) is 23.4 Å². The second-order valence-corrected chi connectivity index (χ2v) is 7.87. The zero-order chi connectivity index (χ0) is 23.4. The summed E-state index contributed by atoms with van der Waals surface area (Å²) in [6.45, 7) is 1.67. The fraction of sp³-hybridized carbons (Fsp3) is 0.240. The minimum atomic E-state index is -0.329. The number of aryl methyl sites for hydroxylation is 2. The zero-order valence-electron chi connectivity index (χ0n) is 18.8. The number of rotatable bonds is 8. The number of nitrogens with zero attached hydrogens (tertiary/aromatic N) is 2. The van der Waals surface area contributed by atoms with Crippen LogP contribution in [0.4, 0.5) is 5.82 Å². The second kappa shape index (κ2) is 9.60. The van der Waals surface area contributed by atoms with Crippen LogP contribution >= 0.6 is 0 Å². The quantitative estimate of drug-likeness (QED) is 0.423. The van der Waals surface area contributed by atoms with Crippen LogP contribution < -0.4 is 10.1 Å². The first-order valence-corrected chi connectivity index (χ1v) is 10.7. The van der Waals surface area contributed by atoms with Gasteiger partial charge in [-0.2, -0.15) is 0 Å². The van der Waals surface area contributed by atoms with Crippen molar-refractivity contribution >= 4 is 28.5 Å².